The van der Waals surface area contributed by atoms with Crippen molar-refractivity contribution in [2.24, 2.45) is 11.7 Å². The molecule has 0 radical (unpaired) electrons. The lowest BCUT2D eigenvalue weighted by Gasteiger charge is -2.24. The highest BCUT2D eigenvalue weighted by Gasteiger charge is 2.28. The predicted octanol–water partition coefficient (Wildman–Crippen LogP) is 2.18. The van der Waals surface area contributed by atoms with Crippen LogP contribution in [0.5, 0.6) is 5.75 Å². The summed E-state index contributed by atoms with van der Waals surface area (Å²) in [6.45, 7) is 8.14. The van der Waals surface area contributed by atoms with E-state index in [1.54, 1.807) is 22.5 Å². The van der Waals surface area contributed by atoms with Crippen molar-refractivity contribution in [2.45, 2.75) is 38.0 Å². The molecular weight excluding hydrogens is 300 g/mol. The van der Waals surface area contributed by atoms with Crippen molar-refractivity contribution in [3.05, 3.63) is 23.8 Å². The molecule has 0 saturated carbocycles. The maximum Gasteiger partial charge on any atom is 0.243 e. The average Bonchev–Trinajstić information content (AvgIpc) is 2.84. The minimum Gasteiger partial charge on any atom is -0.493 e. The zero-order chi connectivity index (χ0) is 16.3. The summed E-state index contributed by atoms with van der Waals surface area (Å²) in [4.78, 5) is 0.348. The monoisotopic (exact) mass is 326 g/mol. The molecule has 1 atom stereocenters. The second kappa shape index (κ2) is 6.98. The smallest absolute Gasteiger partial charge is 0.243 e. The number of nitrogens with two attached hydrogens (primary N) is 1. The van der Waals surface area contributed by atoms with Crippen molar-refractivity contribution >= 4 is 10.0 Å². The fourth-order valence-corrected chi connectivity index (χ4v) is 4.32. The van der Waals surface area contributed by atoms with Crippen LogP contribution >= 0.6 is 0 Å². The number of nitrogens with zero attached hydrogens (tertiary/aromatic N) is 1. The average molecular weight is 326 g/mol. The van der Waals surface area contributed by atoms with Gasteiger partial charge in [0.15, 0.2) is 0 Å². The highest BCUT2D eigenvalue weighted by atomic mass is 32.2. The van der Waals surface area contributed by atoms with Crippen LogP contribution in [0.1, 0.15) is 38.7 Å². The zero-order valence-corrected chi connectivity index (χ0v) is 14.4. The lowest BCUT2D eigenvalue weighted by molar-refractivity contribution is 0.337. The Labute approximate surface area is 133 Å². The van der Waals surface area contributed by atoms with Gasteiger partial charge in [-0.1, -0.05) is 20.8 Å². The van der Waals surface area contributed by atoms with Crippen molar-refractivity contribution in [3.8, 4) is 5.75 Å². The number of rotatable bonds is 7. The van der Waals surface area contributed by atoms with E-state index in [1.165, 1.54) is 0 Å². The minimum absolute atomic E-state index is 0.229. The first kappa shape index (κ1) is 17.2. The number of ether oxygens (including phenoxy) is 1. The van der Waals surface area contributed by atoms with Crippen LogP contribution in [0.15, 0.2) is 23.1 Å². The van der Waals surface area contributed by atoms with Crippen molar-refractivity contribution in [1.29, 1.82) is 0 Å². The quantitative estimate of drug-likeness (QED) is 0.833. The topological polar surface area (TPSA) is 72.6 Å². The summed E-state index contributed by atoms with van der Waals surface area (Å²) in [6.07, 6.45) is 0.663. The molecular formula is C16H26N2O3S. The molecule has 1 heterocycles. The van der Waals surface area contributed by atoms with Gasteiger partial charge in [0, 0.05) is 24.6 Å². The van der Waals surface area contributed by atoms with E-state index in [0.29, 0.717) is 37.6 Å². The van der Waals surface area contributed by atoms with E-state index in [2.05, 4.69) is 0 Å². The maximum absolute atomic E-state index is 12.9. The molecule has 1 aromatic carbocycles. The van der Waals surface area contributed by atoms with E-state index in [-0.39, 0.29) is 11.8 Å². The second-order valence-electron chi connectivity index (χ2n) is 6.31. The summed E-state index contributed by atoms with van der Waals surface area (Å²) in [5.74, 6) is 1.29. The standard InChI is InChI=1S/C16H26N2O3S/c1-12(2)10-18(8-4-7-17)22(19,20)14-5-6-16-15(9-14)13(3)11-21-16/h5-6,9,12-13H,4,7-8,10-11,17H2,1-3H3. The van der Waals surface area contributed by atoms with Gasteiger partial charge >= 0.3 is 0 Å². The molecule has 2 rings (SSSR count). The lowest BCUT2D eigenvalue weighted by atomic mass is 10.0. The van der Waals surface area contributed by atoms with Crippen molar-refractivity contribution in [1.82, 2.24) is 4.31 Å². The van der Waals surface area contributed by atoms with Crippen LogP contribution in [0, 0.1) is 5.92 Å². The van der Waals surface area contributed by atoms with Gasteiger partial charge in [0.2, 0.25) is 10.0 Å². The van der Waals surface area contributed by atoms with Gasteiger partial charge < -0.3 is 10.5 Å². The normalized spacial score (nSPS) is 17.8. The number of fused-ring (bicyclic) bond motifs is 1. The molecule has 0 bridgehead atoms. The number of hydrogen-bond acceptors (Lipinski definition) is 4. The molecule has 22 heavy (non-hydrogen) atoms. The Bertz CT molecular complexity index is 614. The molecule has 6 heteroatoms. The van der Waals surface area contributed by atoms with E-state index in [9.17, 15) is 8.42 Å². The van der Waals surface area contributed by atoms with Crippen LogP contribution in [-0.2, 0) is 10.0 Å². The molecule has 0 amide bonds. The van der Waals surface area contributed by atoms with Gasteiger partial charge in [0.05, 0.1) is 11.5 Å². The maximum atomic E-state index is 12.9. The molecule has 1 aliphatic rings. The van der Waals surface area contributed by atoms with Crippen molar-refractivity contribution in [3.63, 3.8) is 0 Å². The summed E-state index contributed by atoms with van der Waals surface area (Å²) in [7, 11) is -3.49. The molecule has 0 fully saturated rings. The summed E-state index contributed by atoms with van der Waals surface area (Å²) in [6, 6.07) is 5.17. The van der Waals surface area contributed by atoms with E-state index in [1.807, 2.05) is 20.8 Å². The molecule has 0 spiro atoms. The van der Waals surface area contributed by atoms with Crippen molar-refractivity contribution in [2.75, 3.05) is 26.2 Å². The predicted molar refractivity (Wildman–Crippen MR) is 87.6 cm³/mol. The van der Waals surface area contributed by atoms with Gasteiger partial charge in [-0.2, -0.15) is 4.31 Å². The van der Waals surface area contributed by atoms with E-state index in [0.717, 1.165) is 11.3 Å². The zero-order valence-electron chi connectivity index (χ0n) is 13.6. The Kier molecular flexibility index (Phi) is 5.47. The third-order valence-electron chi connectivity index (χ3n) is 3.82. The molecule has 0 aromatic heterocycles. The highest BCUT2D eigenvalue weighted by molar-refractivity contribution is 7.89. The van der Waals surface area contributed by atoms with Crippen LogP contribution in [0.2, 0.25) is 0 Å². The lowest BCUT2D eigenvalue weighted by Crippen LogP contribution is -2.35. The summed E-state index contributed by atoms with van der Waals surface area (Å²) in [5, 5.41) is 0. The van der Waals surface area contributed by atoms with Crippen molar-refractivity contribution < 1.29 is 13.2 Å². The van der Waals surface area contributed by atoms with Crippen LogP contribution < -0.4 is 10.5 Å². The number of hydrogen-bond donors (Lipinski definition) is 1. The molecule has 2 N–H and O–H groups in total. The van der Waals surface area contributed by atoms with Gasteiger partial charge in [0.25, 0.3) is 0 Å². The second-order valence-corrected chi connectivity index (χ2v) is 8.25. The first-order valence-electron chi connectivity index (χ1n) is 7.83. The molecule has 1 unspecified atom stereocenters. The van der Waals surface area contributed by atoms with Gasteiger partial charge in [-0.15, -0.1) is 0 Å². The minimum atomic E-state index is -3.49. The Morgan fingerprint density at radius 2 is 2.14 bits per heavy atom. The van der Waals surface area contributed by atoms with Crippen LogP contribution in [-0.4, -0.2) is 39.0 Å². The Hall–Kier alpha value is -1.11. The number of sulfonamides is 1. The largest absolute Gasteiger partial charge is 0.493 e. The SMILES string of the molecule is CC(C)CN(CCCN)S(=O)(=O)c1ccc2c(c1)C(C)CO2. The molecule has 0 aliphatic carbocycles. The van der Waals surface area contributed by atoms with Gasteiger partial charge in [0.1, 0.15) is 5.75 Å². The highest BCUT2D eigenvalue weighted by Crippen LogP contribution is 2.35. The molecule has 1 aromatic rings. The van der Waals surface area contributed by atoms with E-state index < -0.39 is 10.0 Å². The fraction of sp³-hybridized carbons (Fsp3) is 0.625. The third-order valence-corrected chi connectivity index (χ3v) is 5.68. The summed E-state index contributed by atoms with van der Waals surface area (Å²) in [5.41, 5.74) is 6.52. The van der Waals surface area contributed by atoms with Crippen LogP contribution in [0.3, 0.4) is 0 Å². The van der Waals surface area contributed by atoms with Crippen LogP contribution in [0.4, 0.5) is 0 Å². The molecule has 5 nitrogen and oxygen atoms in total. The van der Waals surface area contributed by atoms with Gasteiger partial charge in [-0.25, -0.2) is 8.42 Å². The Balaban J connectivity index is 2.32. The third kappa shape index (κ3) is 3.62. The fourth-order valence-electron chi connectivity index (χ4n) is 2.64. The Morgan fingerprint density at radius 1 is 1.41 bits per heavy atom. The Morgan fingerprint density at radius 3 is 2.77 bits per heavy atom. The number of benzene rings is 1. The molecule has 1 aliphatic heterocycles. The first-order valence-corrected chi connectivity index (χ1v) is 9.27. The first-order chi connectivity index (χ1) is 10.4. The van der Waals surface area contributed by atoms with E-state index >= 15 is 0 Å². The summed E-state index contributed by atoms with van der Waals surface area (Å²) < 4.78 is 32.9. The summed E-state index contributed by atoms with van der Waals surface area (Å²) >= 11 is 0. The van der Waals surface area contributed by atoms with Gasteiger partial charge in [-0.05, 0) is 37.1 Å². The van der Waals surface area contributed by atoms with E-state index in [4.69, 9.17) is 10.5 Å². The van der Waals surface area contributed by atoms with Gasteiger partial charge in [-0.3, -0.25) is 0 Å². The molecule has 124 valence electrons. The van der Waals surface area contributed by atoms with Crippen LogP contribution in [0.25, 0.3) is 0 Å². The molecule has 0 saturated heterocycles.